The Kier molecular flexibility index (Phi) is 5.30. The van der Waals surface area contributed by atoms with Crippen LogP contribution in [0.3, 0.4) is 0 Å². The van der Waals surface area contributed by atoms with Crippen molar-refractivity contribution in [1.29, 1.82) is 0 Å². The molecule has 1 aliphatic carbocycles. The lowest BCUT2D eigenvalue weighted by atomic mass is 9.78. The highest BCUT2D eigenvalue weighted by molar-refractivity contribution is 7.89. The van der Waals surface area contributed by atoms with Gasteiger partial charge in [0.25, 0.3) is 0 Å². The third kappa shape index (κ3) is 3.88. The minimum Gasteiger partial charge on any atom is -0.359 e. The maximum Gasteiger partial charge on any atom is 0.239 e. The first-order chi connectivity index (χ1) is 12.2. The molecule has 1 amide bonds. The lowest BCUT2D eigenvalue weighted by Crippen LogP contribution is -2.48. The summed E-state index contributed by atoms with van der Waals surface area (Å²) in [4.78, 5) is 14.8. The van der Waals surface area contributed by atoms with Gasteiger partial charge in [0.05, 0.1) is 11.4 Å². The number of hydrogen-bond donors (Lipinski definition) is 2. The van der Waals surface area contributed by atoms with Gasteiger partial charge in [-0.1, -0.05) is 26.7 Å². The summed E-state index contributed by atoms with van der Waals surface area (Å²) in [6, 6.07) is 5.30. The lowest BCUT2D eigenvalue weighted by molar-refractivity contribution is -0.121. The molecule has 1 fully saturated rings. The van der Waals surface area contributed by atoms with Crippen molar-refractivity contribution < 1.29 is 13.2 Å². The summed E-state index contributed by atoms with van der Waals surface area (Å²) in [5.41, 5.74) is 1.85. The third-order valence-corrected chi connectivity index (χ3v) is 7.01. The van der Waals surface area contributed by atoms with E-state index in [9.17, 15) is 13.2 Å². The number of carbonyl (C=O) groups excluding carboxylic acids is 1. The summed E-state index contributed by atoms with van der Waals surface area (Å²) in [6.07, 6.45) is 4.15. The number of fused-ring (bicyclic) bond motifs is 1. The van der Waals surface area contributed by atoms with Crippen molar-refractivity contribution >= 4 is 21.6 Å². The molecule has 3 N–H and O–H groups in total. The zero-order chi connectivity index (χ0) is 19.1. The molecule has 6 nitrogen and oxygen atoms in total. The average molecular weight is 380 g/mol. The van der Waals surface area contributed by atoms with Gasteiger partial charge in [-0.15, -0.1) is 0 Å². The summed E-state index contributed by atoms with van der Waals surface area (Å²) >= 11 is 0. The molecule has 0 bridgehead atoms. The summed E-state index contributed by atoms with van der Waals surface area (Å²) in [5.74, 6) is 1.16. The van der Waals surface area contributed by atoms with E-state index in [4.69, 9.17) is 5.14 Å². The summed E-state index contributed by atoms with van der Waals surface area (Å²) < 4.78 is 23.1. The highest BCUT2D eigenvalue weighted by Crippen LogP contribution is 2.34. The Morgan fingerprint density at radius 3 is 2.69 bits per heavy atom. The molecule has 26 heavy (non-hydrogen) atoms. The molecule has 2 aliphatic rings. The molecule has 1 heterocycles. The number of nitrogens with one attached hydrogen (secondary N) is 1. The number of anilines is 1. The standard InChI is InChI=1S/C19H29N3O3S/c1-12-5-4-6-17(14(12)3)21-19(23)11-22-13(2)9-15-10-16(26(20,24)25)7-8-18(15)22/h7-8,10,12-14,17H,4-6,9,11H2,1-3H3,(H,21,23)(H2,20,24,25)/t12-,13+,14-,17+/m1/s1. The summed E-state index contributed by atoms with van der Waals surface area (Å²) in [7, 11) is -3.71. The number of benzene rings is 1. The molecule has 0 unspecified atom stereocenters. The van der Waals surface area contributed by atoms with Crippen molar-refractivity contribution in [2.24, 2.45) is 17.0 Å². The van der Waals surface area contributed by atoms with Crippen LogP contribution in [0.2, 0.25) is 0 Å². The van der Waals surface area contributed by atoms with Gasteiger partial charge in [-0.05, 0) is 55.4 Å². The Balaban J connectivity index is 1.70. The molecular weight excluding hydrogens is 350 g/mol. The van der Waals surface area contributed by atoms with Crippen LogP contribution in [0.25, 0.3) is 0 Å². The Morgan fingerprint density at radius 2 is 2.00 bits per heavy atom. The zero-order valence-electron chi connectivity index (χ0n) is 15.7. The number of hydrogen-bond acceptors (Lipinski definition) is 4. The molecule has 1 aromatic rings. The second kappa shape index (κ2) is 7.19. The van der Waals surface area contributed by atoms with Crippen LogP contribution in [0.15, 0.2) is 23.1 Å². The molecule has 4 atom stereocenters. The van der Waals surface area contributed by atoms with E-state index in [1.165, 1.54) is 12.5 Å². The Hall–Kier alpha value is -1.60. The van der Waals surface area contributed by atoms with Crippen LogP contribution in [0.4, 0.5) is 5.69 Å². The molecule has 0 radical (unpaired) electrons. The SMILES string of the molecule is C[C@@H]1[C@H](C)CCC[C@@H]1NC(=O)CN1c2ccc(S(N)(=O)=O)cc2C[C@@H]1C. The minimum absolute atomic E-state index is 0.0335. The number of amides is 1. The van der Waals surface area contributed by atoms with Crippen molar-refractivity contribution in [2.75, 3.05) is 11.4 Å². The van der Waals surface area contributed by atoms with Gasteiger partial charge in [0.1, 0.15) is 0 Å². The number of sulfonamides is 1. The summed E-state index contributed by atoms with van der Waals surface area (Å²) in [6.45, 7) is 6.82. The van der Waals surface area contributed by atoms with Gasteiger partial charge in [-0.3, -0.25) is 4.79 Å². The molecule has 0 aromatic heterocycles. The monoisotopic (exact) mass is 379 g/mol. The first-order valence-electron chi connectivity index (χ1n) is 9.38. The van der Waals surface area contributed by atoms with E-state index >= 15 is 0 Å². The van der Waals surface area contributed by atoms with Gasteiger partial charge in [0.15, 0.2) is 0 Å². The van der Waals surface area contributed by atoms with Crippen LogP contribution in [0.5, 0.6) is 0 Å². The van der Waals surface area contributed by atoms with E-state index < -0.39 is 10.0 Å². The van der Waals surface area contributed by atoms with Crippen molar-refractivity contribution in [3.8, 4) is 0 Å². The first kappa shape index (κ1) is 19.2. The molecule has 0 saturated heterocycles. The van der Waals surface area contributed by atoms with Gasteiger partial charge in [0.2, 0.25) is 15.9 Å². The van der Waals surface area contributed by atoms with Crippen LogP contribution in [0, 0.1) is 11.8 Å². The maximum atomic E-state index is 12.6. The van der Waals surface area contributed by atoms with Crippen molar-refractivity contribution in [2.45, 2.75) is 63.4 Å². The van der Waals surface area contributed by atoms with Gasteiger partial charge in [0, 0.05) is 17.8 Å². The smallest absolute Gasteiger partial charge is 0.239 e. The maximum absolute atomic E-state index is 12.6. The second-order valence-electron chi connectivity index (χ2n) is 7.96. The van der Waals surface area contributed by atoms with Crippen LogP contribution >= 0.6 is 0 Å². The predicted octanol–water partition coefficient (Wildman–Crippen LogP) is 2.03. The fourth-order valence-corrected chi connectivity index (χ4v) is 4.85. The van der Waals surface area contributed by atoms with Gasteiger partial charge >= 0.3 is 0 Å². The van der Waals surface area contributed by atoms with Crippen LogP contribution in [-0.4, -0.2) is 33.0 Å². The van der Waals surface area contributed by atoms with Crippen LogP contribution < -0.4 is 15.4 Å². The Labute approximate surface area is 156 Å². The molecule has 144 valence electrons. The average Bonchev–Trinajstić information content (AvgIpc) is 2.86. The van der Waals surface area contributed by atoms with Crippen molar-refractivity contribution in [1.82, 2.24) is 5.32 Å². The quantitative estimate of drug-likeness (QED) is 0.837. The fraction of sp³-hybridized carbons (Fsp3) is 0.632. The Bertz CT molecular complexity index is 793. The molecule has 7 heteroatoms. The number of primary sulfonamides is 1. The van der Waals surface area contributed by atoms with Crippen molar-refractivity contribution in [3.05, 3.63) is 23.8 Å². The van der Waals surface area contributed by atoms with Gasteiger partial charge < -0.3 is 10.2 Å². The predicted molar refractivity (Wildman–Crippen MR) is 102 cm³/mol. The molecule has 0 spiro atoms. The normalized spacial score (nSPS) is 28.7. The molecule has 1 aliphatic heterocycles. The minimum atomic E-state index is -3.71. The van der Waals surface area contributed by atoms with E-state index in [0.29, 0.717) is 24.8 Å². The number of rotatable bonds is 4. The van der Waals surface area contributed by atoms with E-state index in [1.54, 1.807) is 12.1 Å². The third-order valence-electron chi connectivity index (χ3n) is 6.10. The Morgan fingerprint density at radius 1 is 1.27 bits per heavy atom. The largest absolute Gasteiger partial charge is 0.359 e. The molecule has 1 aromatic carbocycles. The van der Waals surface area contributed by atoms with Crippen LogP contribution in [-0.2, 0) is 21.2 Å². The number of nitrogens with zero attached hydrogens (tertiary/aromatic N) is 1. The van der Waals surface area contributed by atoms with E-state index in [0.717, 1.165) is 24.1 Å². The molecular formula is C19H29N3O3S. The highest BCUT2D eigenvalue weighted by Gasteiger charge is 2.31. The van der Waals surface area contributed by atoms with Crippen LogP contribution in [0.1, 0.15) is 45.6 Å². The van der Waals surface area contributed by atoms with E-state index in [2.05, 4.69) is 31.0 Å². The molecule has 1 saturated carbocycles. The number of carbonyl (C=O) groups is 1. The van der Waals surface area contributed by atoms with Crippen molar-refractivity contribution in [3.63, 3.8) is 0 Å². The second-order valence-corrected chi connectivity index (χ2v) is 9.52. The highest BCUT2D eigenvalue weighted by atomic mass is 32.2. The van der Waals surface area contributed by atoms with Gasteiger partial charge in [-0.25, -0.2) is 13.6 Å². The fourth-order valence-electron chi connectivity index (χ4n) is 4.28. The molecule has 3 rings (SSSR count). The lowest BCUT2D eigenvalue weighted by Gasteiger charge is -2.35. The van der Waals surface area contributed by atoms with E-state index in [-0.39, 0.29) is 22.9 Å². The summed E-state index contributed by atoms with van der Waals surface area (Å²) in [5, 5.41) is 8.44. The van der Waals surface area contributed by atoms with E-state index in [1.807, 2.05) is 0 Å². The zero-order valence-corrected chi connectivity index (χ0v) is 16.6. The topological polar surface area (TPSA) is 92.5 Å². The first-order valence-corrected chi connectivity index (χ1v) is 10.9. The van der Waals surface area contributed by atoms with Gasteiger partial charge in [-0.2, -0.15) is 0 Å². The number of nitrogens with two attached hydrogens (primary N) is 1.